The molecule has 0 radical (unpaired) electrons. The number of carboxylic acids is 2. The van der Waals surface area contributed by atoms with Gasteiger partial charge in [-0.05, 0) is 13.8 Å². The molecule has 0 unspecified atom stereocenters. The molecule has 2 rings (SSSR count). The molecular formula is C14H16N4O6. The van der Waals surface area contributed by atoms with Crippen molar-refractivity contribution in [3.05, 3.63) is 55.4 Å². The van der Waals surface area contributed by atoms with Gasteiger partial charge in [0.05, 0.1) is 0 Å². The third kappa shape index (κ3) is 4.35. The number of aryl methyl sites for hydroxylation is 4. The van der Waals surface area contributed by atoms with Crippen molar-refractivity contribution in [2.45, 2.75) is 13.8 Å². The minimum Gasteiger partial charge on any atom is -0.476 e. The van der Waals surface area contributed by atoms with E-state index in [0.717, 1.165) is 0 Å². The van der Waals surface area contributed by atoms with Crippen LogP contribution < -0.4 is 10.9 Å². The lowest BCUT2D eigenvalue weighted by atomic mass is 10.3. The van der Waals surface area contributed by atoms with Gasteiger partial charge in [0.2, 0.25) is 22.2 Å². The van der Waals surface area contributed by atoms with Crippen LogP contribution in [-0.2, 0) is 14.1 Å². The Hall–Kier alpha value is -3.30. The van der Waals surface area contributed by atoms with E-state index in [0.29, 0.717) is 11.1 Å². The van der Waals surface area contributed by atoms with Crippen LogP contribution in [0.1, 0.15) is 32.1 Å². The first kappa shape index (κ1) is 18.7. The highest BCUT2D eigenvalue weighted by atomic mass is 16.4. The molecule has 2 heterocycles. The van der Waals surface area contributed by atoms with E-state index in [9.17, 15) is 19.2 Å². The monoisotopic (exact) mass is 336 g/mol. The van der Waals surface area contributed by atoms with E-state index in [1.54, 1.807) is 27.9 Å². The summed E-state index contributed by atoms with van der Waals surface area (Å²) in [5, 5.41) is 24.2. The Bertz CT molecular complexity index is 837. The van der Waals surface area contributed by atoms with Crippen molar-refractivity contribution in [2.75, 3.05) is 0 Å². The zero-order chi connectivity index (χ0) is 18.6. The smallest absolute Gasteiger partial charge is 0.360 e. The summed E-state index contributed by atoms with van der Waals surface area (Å²) in [7, 11) is 3.14. The average Bonchev–Trinajstić information content (AvgIpc) is 2.46. The summed E-state index contributed by atoms with van der Waals surface area (Å²) in [5.41, 5.74) is -1.16. The second kappa shape index (κ2) is 7.31. The van der Waals surface area contributed by atoms with Gasteiger partial charge in [-0.3, -0.25) is 19.0 Å². The van der Waals surface area contributed by atoms with E-state index < -0.39 is 34.2 Å². The number of rotatable bonds is 2. The standard InChI is InChI=1S/2C7H8N2O3/c2*1-4-3-9(2)8-5(6(4)10)7(11)12/h2*3H,1-2H3,(H,11,12). The van der Waals surface area contributed by atoms with Crippen molar-refractivity contribution in [2.24, 2.45) is 14.1 Å². The van der Waals surface area contributed by atoms with Crippen LogP contribution in [0, 0.1) is 13.8 Å². The van der Waals surface area contributed by atoms with Crippen LogP contribution in [0.15, 0.2) is 22.0 Å². The number of hydrogen-bond donors (Lipinski definition) is 2. The van der Waals surface area contributed by atoms with Crippen molar-refractivity contribution in [1.29, 1.82) is 0 Å². The Kier molecular flexibility index (Phi) is 5.71. The van der Waals surface area contributed by atoms with Gasteiger partial charge < -0.3 is 10.2 Å². The van der Waals surface area contributed by atoms with Gasteiger partial charge in [-0.2, -0.15) is 10.2 Å². The van der Waals surface area contributed by atoms with Crippen molar-refractivity contribution in [3.8, 4) is 0 Å². The zero-order valence-corrected chi connectivity index (χ0v) is 13.5. The molecule has 2 aromatic rings. The summed E-state index contributed by atoms with van der Waals surface area (Å²) in [5.74, 6) is -2.58. The molecule has 0 aliphatic carbocycles. The molecule has 10 heteroatoms. The van der Waals surface area contributed by atoms with Gasteiger partial charge in [-0.15, -0.1) is 0 Å². The number of carboxylic acid groups (broad SMARTS) is 2. The second-order valence-corrected chi connectivity index (χ2v) is 4.94. The third-order valence-corrected chi connectivity index (χ3v) is 2.83. The van der Waals surface area contributed by atoms with Gasteiger partial charge in [0.1, 0.15) is 0 Å². The van der Waals surface area contributed by atoms with E-state index >= 15 is 0 Å². The lowest BCUT2D eigenvalue weighted by Gasteiger charge is -1.99. The number of aromatic nitrogens is 4. The minimum absolute atomic E-state index is 0.380. The minimum atomic E-state index is -1.29. The Morgan fingerprint density at radius 2 is 1.12 bits per heavy atom. The SMILES string of the molecule is Cc1cn(C)nc(C(=O)O)c1=O.Cc1cn(C)nc(C(=O)O)c1=O. The zero-order valence-electron chi connectivity index (χ0n) is 13.5. The summed E-state index contributed by atoms with van der Waals surface area (Å²) in [4.78, 5) is 43.1. The quantitative estimate of drug-likeness (QED) is 0.752. The normalized spacial score (nSPS) is 9.83. The lowest BCUT2D eigenvalue weighted by molar-refractivity contribution is 0.0675. The maximum Gasteiger partial charge on any atom is 0.360 e. The number of carbonyl (C=O) groups is 2. The fourth-order valence-electron chi connectivity index (χ4n) is 1.80. The average molecular weight is 336 g/mol. The molecule has 2 aromatic heterocycles. The van der Waals surface area contributed by atoms with Gasteiger partial charge in [-0.1, -0.05) is 0 Å². The van der Waals surface area contributed by atoms with Gasteiger partial charge in [0, 0.05) is 37.6 Å². The predicted octanol–water partition coefficient (Wildman–Crippen LogP) is -0.426. The molecule has 128 valence electrons. The topological polar surface area (TPSA) is 144 Å². The fraction of sp³-hybridized carbons (Fsp3) is 0.286. The molecule has 0 aromatic carbocycles. The van der Waals surface area contributed by atoms with Crippen molar-refractivity contribution in [1.82, 2.24) is 19.6 Å². The van der Waals surface area contributed by atoms with Crippen LogP contribution >= 0.6 is 0 Å². The summed E-state index contributed by atoms with van der Waals surface area (Å²) in [6.07, 6.45) is 2.96. The van der Waals surface area contributed by atoms with Crippen LogP contribution in [0.4, 0.5) is 0 Å². The number of aromatic carboxylic acids is 2. The first-order chi connectivity index (χ1) is 11.0. The largest absolute Gasteiger partial charge is 0.476 e. The molecule has 10 nitrogen and oxygen atoms in total. The molecule has 0 saturated heterocycles. The van der Waals surface area contributed by atoms with Crippen LogP contribution in [0.2, 0.25) is 0 Å². The molecule has 2 N–H and O–H groups in total. The molecule has 24 heavy (non-hydrogen) atoms. The molecule has 0 aliphatic heterocycles. The van der Waals surface area contributed by atoms with E-state index in [2.05, 4.69) is 10.2 Å². The molecule has 0 amide bonds. The predicted molar refractivity (Wildman–Crippen MR) is 82.3 cm³/mol. The van der Waals surface area contributed by atoms with E-state index in [1.165, 1.54) is 21.8 Å². The van der Waals surface area contributed by atoms with Gasteiger partial charge in [0.15, 0.2) is 0 Å². The van der Waals surface area contributed by atoms with Crippen LogP contribution in [0.5, 0.6) is 0 Å². The van der Waals surface area contributed by atoms with Crippen molar-refractivity contribution < 1.29 is 19.8 Å². The Balaban J connectivity index is 0.000000240. The molecule has 0 spiro atoms. The molecule has 0 saturated carbocycles. The van der Waals surface area contributed by atoms with Gasteiger partial charge in [-0.25, -0.2) is 9.59 Å². The highest BCUT2D eigenvalue weighted by Crippen LogP contribution is 1.91. The van der Waals surface area contributed by atoms with Crippen molar-refractivity contribution in [3.63, 3.8) is 0 Å². The Labute approximate surface area is 135 Å². The van der Waals surface area contributed by atoms with E-state index in [-0.39, 0.29) is 0 Å². The first-order valence-corrected chi connectivity index (χ1v) is 6.60. The maximum absolute atomic E-state index is 11.1. The summed E-state index contributed by atoms with van der Waals surface area (Å²) in [6.45, 7) is 3.10. The van der Waals surface area contributed by atoms with Crippen LogP contribution in [0.25, 0.3) is 0 Å². The highest BCUT2D eigenvalue weighted by molar-refractivity contribution is 5.85. The fourth-order valence-corrected chi connectivity index (χ4v) is 1.80. The molecule has 0 atom stereocenters. The second-order valence-electron chi connectivity index (χ2n) is 4.94. The summed E-state index contributed by atoms with van der Waals surface area (Å²) < 4.78 is 2.61. The first-order valence-electron chi connectivity index (χ1n) is 6.60. The molecule has 0 aliphatic rings. The summed E-state index contributed by atoms with van der Waals surface area (Å²) in [6, 6.07) is 0. The van der Waals surface area contributed by atoms with E-state index in [1.807, 2.05) is 0 Å². The number of nitrogens with zero attached hydrogens (tertiary/aromatic N) is 4. The highest BCUT2D eigenvalue weighted by Gasteiger charge is 2.12. The molecular weight excluding hydrogens is 320 g/mol. The lowest BCUT2D eigenvalue weighted by Crippen LogP contribution is -2.22. The molecule has 0 fully saturated rings. The van der Waals surface area contributed by atoms with Crippen LogP contribution in [-0.4, -0.2) is 41.7 Å². The van der Waals surface area contributed by atoms with E-state index in [4.69, 9.17) is 10.2 Å². The van der Waals surface area contributed by atoms with Gasteiger partial charge >= 0.3 is 11.9 Å². The Morgan fingerprint density at radius 1 is 0.833 bits per heavy atom. The maximum atomic E-state index is 11.1. The summed E-state index contributed by atoms with van der Waals surface area (Å²) >= 11 is 0. The third-order valence-electron chi connectivity index (χ3n) is 2.83. The molecule has 0 bridgehead atoms. The number of hydrogen-bond acceptors (Lipinski definition) is 6. The Morgan fingerprint density at radius 3 is 1.38 bits per heavy atom. The van der Waals surface area contributed by atoms with Gasteiger partial charge in [0.25, 0.3) is 0 Å². The van der Waals surface area contributed by atoms with Crippen molar-refractivity contribution >= 4 is 11.9 Å². The van der Waals surface area contributed by atoms with Crippen LogP contribution in [0.3, 0.4) is 0 Å².